The van der Waals surface area contributed by atoms with Gasteiger partial charge in [0, 0.05) is 44.0 Å². The van der Waals surface area contributed by atoms with Crippen LogP contribution in [0.2, 0.25) is 0 Å². The molecule has 0 bridgehead atoms. The molecule has 1 aliphatic rings. The van der Waals surface area contributed by atoms with Crippen LogP contribution in [-0.4, -0.2) is 39.8 Å². The molecule has 6 nitrogen and oxygen atoms in total. The van der Waals surface area contributed by atoms with Crippen molar-refractivity contribution in [2.75, 3.05) is 13.1 Å². The summed E-state index contributed by atoms with van der Waals surface area (Å²) in [4.78, 5) is 7.38. The number of nitrogens with one attached hydrogen (secondary N) is 2. The molecule has 0 saturated carbocycles. The molecule has 1 aromatic carbocycles. The van der Waals surface area contributed by atoms with E-state index in [4.69, 9.17) is 4.99 Å². The Morgan fingerprint density at radius 2 is 1.87 bits per heavy atom. The number of aromatic nitrogens is 2. The predicted molar refractivity (Wildman–Crippen MR) is 125 cm³/mol. The Balaban J connectivity index is 1.57. The highest BCUT2D eigenvalue weighted by atomic mass is 15.3. The molecule has 1 aromatic heterocycles. The Morgan fingerprint density at radius 1 is 1.13 bits per heavy atom. The quantitative estimate of drug-likeness (QED) is 0.540. The van der Waals surface area contributed by atoms with Crippen molar-refractivity contribution in [1.29, 1.82) is 0 Å². The van der Waals surface area contributed by atoms with Crippen molar-refractivity contribution in [2.45, 2.75) is 72.6 Å². The van der Waals surface area contributed by atoms with E-state index in [1.165, 1.54) is 48.2 Å². The van der Waals surface area contributed by atoms with E-state index in [0.29, 0.717) is 12.6 Å². The largest absolute Gasteiger partial charge is 0.357 e. The van der Waals surface area contributed by atoms with Crippen LogP contribution in [0.5, 0.6) is 0 Å². The van der Waals surface area contributed by atoms with Crippen molar-refractivity contribution in [3.8, 4) is 0 Å². The summed E-state index contributed by atoms with van der Waals surface area (Å²) in [6.45, 7) is 13.1. The van der Waals surface area contributed by atoms with Crippen LogP contribution in [0.4, 0.5) is 0 Å². The minimum absolute atomic E-state index is 0.667. The minimum Gasteiger partial charge on any atom is -0.357 e. The van der Waals surface area contributed by atoms with E-state index in [2.05, 4.69) is 72.6 Å². The first-order valence-electron chi connectivity index (χ1n) is 11.3. The van der Waals surface area contributed by atoms with Gasteiger partial charge >= 0.3 is 0 Å². The average Bonchev–Trinajstić information content (AvgIpc) is 2.98. The third kappa shape index (κ3) is 5.85. The Kier molecular flexibility index (Phi) is 7.91. The fraction of sp³-hybridized carbons (Fsp3) is 0.583. The highest BCUT2D eigenvalue weighted by Gasteiger charge is 2.18. The smallest absolute Gasteiger partial charge is 0.191 e. The van der Waals surface area contributed by atoms with E-state index in [0.717, 1.165) is 31.3 Å². The summed E-state index contributed by atoms with van der Waals surface area (Å²) >= 11 is 0. The SMILES string of the molecule is CCNC(=NCc1ccc(CN2CCCCC2C)cc1)NCc1c(C)nn(C)c1C. The molecule has 2 N–H and O–H groups in total. The van der Waals surface area contributed by atoms with Crippen LogP contribution < -0.4 is 10.6 Å². The van der Waals surface area contributed by atoms with Crippen molar-refractivity contribution in [1.82, 2.24) is 25.3 Å². The summed E-state index contributed by atoms with van der Waals surface area (Å²) in [6.07, 6.45) is 4.03. The molecule has 1 fully saturated rings. The molecule has 30 heavy (non-hydrogen) atoms. The zero-order valence-electron chi connectivity index (χ0n) is 19.3. The van der Waals surface area contributed by atoms with Gasteiger partial charge in [0.1, 0.15) is 0 Å². The van der Waals surface area contributed by atoms with E-state index in [9.17, 15) is 0 Å². The Hall–Kier alpha value is -2.34. The van der Waals surface area contributed by atoms with Gasteiger partial charge in [-0.2, -0.15) is 5.10 Å². The van der Waals surface area contributed by atoms with Crippen LogP contribution in [0.25, 0.3) is 0 Å². The molecule has 0 amide bonds. The molecule has 164 valence electrons. The van der Waals surface area contributed by atoms with E-state index in [1.54, 1.807) is 0 Å². The van der Waals surface area contributed by atoms with Crippen LogP contribution >= 0.6 is 0 Å². The standard InChI is InChI=1S/C24H38N6/c1-6-25-24(27-16-23-19(3)28-29(5)20(23)4)26-15-21-10-12-22(13-11-21)17-30-14-8-7-9-18(30)2/h10-13,18H,6-9,14-17H2,1-5H3,(H2,25,26,27). The lowest BCUT2D eigenvalue weighted by Gasteiger charge is -2.33. The van der Waals surface area contributed by atoms with Crippen molar-refractivity contribution >= 4 is 5.96 Å². The van der Waals surface area contributed by atoms with Gasteiger partial charge in [-0.1, -0.05) is 30.7 Å². The van der Waals surface area contributed by atoms with Crippen LogP contribution in [0.1, 0.15) is 61.2 Å². The molecule has 1 unspecified atom stereocenters. The molecule has 0 aliphatic carbocycles. The van der Waals surface area contributed by atoms with E-state index in [1.807, 2.05) is 11.7 Å². The van der Waals surface area contributed by atoms with Crippen molar-refractivity contribution < 1.29 is 0 Å². The number of aliphatic imine (C=N–C) groups is 1. The van der Waals surface area contributed by atoms with Crippen LogP contribution in [0.15, 0.2) is 29.3 Å². The molecule has 1 saturated heterocycles. The highest BCUT2D eigenvalue weighted by Crippen LogP contribution is 2.19. The molecular formula is C24H38N6. The lowest BCUT2D eigenvalue weighted by atomic mass is 10.0. The van der Waals surface area contributed by atoms with Gasteiger partial charge in [0.25, 0.3) is 0 Å². The van der Waals surface area contributed by atoms with Crippen molar-refractivity contribution in [3.05, 3.63) is 52.3 Å². The summed E-state index contributed by atoms with van der Waals surface area (Å²) in [6, 6.07) is 9.65. The molecule has 6 heteroatoms. The second kappa shape index (κ2) is 10.6. The van der Waals surface area contributed by atoms with Crippen LogP contribution in [-0.2, 0) is 26.7 Å². The fourth-order valence-electron chi connectivity index (χ4n) is 4.13. The molecule has 1 atom stereocenters. The van der Waals surface area contributed by atoms with Gasteiger partial charge in [-0.05, 0) is 58.2 Å². The number of likely N-dealkylation sites (tertiary alicyclic amines) is 1. The van der Waals surface area contributed by atoms with Gasteiger partial charge in [0.05, 0.1) is 12.2 Å². The Bertz CT molecular complexity index is 836. The van der Waals surface area contributed by atoms with Gasteiger partial charge in [-0.15, -0.1) is 0 Å². The van der Waals surface area contributed by atoms with E-state index < -0.39 is 0 Å². The molecular weight excluding hydrogens is 372 g/mol. The number of rotatable bonds is 7. The first-order valence-corrected chi connectivity index (χ1v) is 11.3. The third-order valence-electron chi connectivity index (χ3n) is 6.20. The van der Waals surface area contributed by atoms with Crippen molar-refractivity contribution in [2.24, 2.45) is 12.0 Å². The van der Waals surface area contributed by atoms with E-state index in [-0.39, 0.29) is 0 Å². The highest BCUT2D eigenvalue weighted by molar-refractivity contribution is 5.79. The molecule has 2 aromatic rings. The fourth-order valence-corrected chi connectivity index (χ4v) is 4.13. The summed E-state index contributed by atoms with van der Waals surface area (Å²) in [5.41, 5.74) is 6.12. The molecule has 2 heterocycles. The number of hydrogen-bond donors (Lipinski definition) is 2. The average molecular weight is 411 g/mol. The normalized spacial score (nSPS) is 17.9. The number of benzene rings is 1. The summed E-state index contributed by atoms with van der Waals surface area (Å²) < 4.78 is 1.93. The number of nitrogens with zero attached hydrogens (tertiary/aromatic N) is 4. The maximum Gasteiger partial charge on any atom is 0.191 e. The summed E-state index contributed by atoms with van der Waals surface area (Å²) in [5, 5.41) is 11.3. The van der Waals surface area contributed by atoms with E-state index >= 15 is 0 Å². The minimum atomic E-state index is 0.667. The Labute approximate surface area is 181 Å². The second-order valence-electron chi connectivity index (χ2n) is 8.45. The maximum atomic E-state index is 4.78. The summed E-state index contributed by atoms with van der Waals surface area (Å²) in [7, 11) is 1.99. The molecule has 3 rings (SSSR count). The topological polar surface area (TPSA) is 57.5 Å². The van der Waals surface area contributed by atoms with Gasteiger partial charge < -0.3 is 10.6 Å². The lowest BCUT2D eigenvalue weighted by molar-refractivity contribution is 0.152. The number of aryl methyl sites for hydroxylation is 2. The van der Waals surface area contributed by atoms with Gasteiger partial charge in [-0.25, -0.2) is 4.99 Å². The zero-order chi connectivity index (χ0) is 21.5. The van der Waals surface area contributed by atoms with Crippen LogP contribution in [0, 0.1) is 13.8 Å². The lowest BCUT2D eigenvalue weighted by Crippen LogP contribution is -2.37. The molecule has 0 radical (unpaired) electrons. The monoisotopic (exact) mass is 410 g/mol. The first-order chi connectivity index (χ1) is 14.5. The zero-order valence-corrected chi connectivity index (χ0v) is 19.3. The molecule has 0 spiro atoms. The van der Waals surface area contributed by atoms with Crippen molar-refractivity contribution in [3.63, 3.8) is 0 Å². The number of piperidine rings is 1. The van der Waals surface area contributed by atoms with Gasteiger partial charge in [-0.3, -0.25) is 9.58 Å². The maximum absolute atomic E-state index is 4.78. The first kappa shape index (κ1) is 22.3. The Morgan fingerprint density at radius 3 is 2.50 bits per heavy atom. The second-order valence-corrected chi connectivity index (χ2v) is 8.45. The predicted octanol–water partition coefficient (Wildman–Crippen LogP) is 3.67. The van der Waals surface area contributed by atoms with Gasteiger partial charge in [0.2, 0.25) is 0 Å². The molecule has 1 aliphatic heterocycles. The van der Waals surface area contributed by atoms with Crippen LogP contribution in [0.3, 0.4) is 0 Å². The number of hydrogen-bond acceptors (Lipinski definition) is 3. The summed E-state index contributed by atoms with van der Waals surface area (Å²) in [5.74, 6) is 0.839. The third-order valence-corrected chi connectivity index (χ3v) is 6.20. The number of guanidine groups is 1. The van der Waals surface area contributed by atoms with Gasteiger partial charge in [0.15, 0.2) is 5.96 Å².